The number of halogens is 1. The third kappa shape index (κ3) is 3.04. The molecular formula is C13H19ClN2O2S. The molecule has 106 valence electrons. The molecule has 1 saturated carbocycles. The Morgan fingerprint density at radius 2 is 1.95 bits per heavy atom. The van der Waals surface area contributed by atoms with Crippen LogP contribution in [0.5, 0.6) is 0 Å². The average Bonchev–Trinajstić information content (AvgIpc) is 3.17. The second-order valence-electron chi connectivity index (χ2n) is 5.27. The first-order valence-corrected chi connectivity index (χ1v) is 8.20. The molecule has 0 heterocycles. The second-order valence-corrected chi connectivity index (χ2v) is 7.66. The summed E-state index contributed by atoms with van der Waals surface area (Å²) in [6, 6.07) is 6.98. The minimum atomic E-state index is -3.42. The molecule has 0 aliphatic heterocycles. The van der Waals surface area contributed by atoms with Gasteiger partial charge in [0.15, 0.2) is 0 Å². The first kappa shape index (κ1) is 14.6. The molecule has 1 aliphatic rings. The zero-order chi connectivity index (χ0) is 14.1. The smallest absolute Gasteiger partial charge is 0.244 e. The van der Waals surface area contributed by atoms with E-state index in [1.165, 1.54) is 18.4 Å². The van der Waals surface area contributed by atoms with E-state index in [-0.39, 0.29) is 5.41 Å². The highest BCUT2D eigenvalue weighted by molar-refractivity contribution is 7.89. The largest absolute Gasteiger partial charge is 0.383 e. The number of sulfonamides is 1. The summed E-state index contributed by atoms with van der Waals surface area (Å²) in [5.74, 6) is 0.614. The van der Waals surface area contributed by atoms with E-state index in [0.717, 1.165) is 19.4 Å². The van der Waals surface area contributed by atoms with Crippen LogP contribution in [0.2, 0.25) is 0 Å². The van der Waals surface area contributed by atoms with Gasteiger partial charge in [0.05, 0.1) is 5.69 Å². The Balaban J connectivity index is 2.22. The number of benzene rings is 1. The van der Waals surface area contributed by atoms with Gasteiger partial charge in [0.2, 0.25) is 10.0 Å². The number of rotatable bonds is 6. The van der Waals surface area contributed by atoms with Crippen molar-refractivity contribution in [3.8, 4) is 0 Å². The highest BCUT2D eigenvalue weighted by Crippen LogP contribution is 2.46. The van der Waals surface area contributed by atoms with Gasteiger partial charge in [-0.3, -0.25) is 0 Å². The lowest BCUT2D eigenvalue weighted by molar-refractivity contribution is 0.520. The molecule has 0 saturated heterocycles. The van der Waals surface area contributed by atoms with Crippen molar-refractivity contribution in [1.29, 1.82) is 0 Å². The number of alkyl halides is 1. The van der Waals surface area contributed by atoms with Crippen molar-refractivity contribution in [2.24, 2.45) is 5.41 Å². The van der Waals surface area contributed by atoms with Crippen molar-refractivity contribution in [1.82, 2.24) is 4.31 Å². The minimum absolute atomic E-state index is 0.149. The molecule has 0 amide bonds. The van der Waals surface area contributed by atoms with E-state index in [1.807, 2.05) is 6.07 Å². The third-order valence-corrected chi connectivity index (χ3v) is 5.98. The number of hydrogen-bond acceptors (Lipinski definition) is 3. The van der Waals surface area contributed by atoms with Gasteiger partial charge in [0, 0.05) is 31.9 Å². The molecule has 0 bridgehead atoms. The molecule has 0 aromatic heterocycles. The molecule has 0 spiro atoms. The number of anilines is 1. The number of nitrogens with zero attached hydrogens (tertiary/aromatic N) is 1. The summed E-state index contributed by atoms with van der Waals surface area (Å²) in [5, 5.41) is 3.24. The molecule has 1 aromatic carbocycles. The monoisotopic (exact) mass is 302 g/mol. The zero-order valence-electron chi connectivity index (χ0n) is 11.2. The standard InChI is InChI=1S/C13H19ClN2O2S/c1-16(2)19(17,18)12-6-4-3-5-11(12)15-10-13(9-14)7-8-13/h3-6,15H,7-10H2,1-2H3. The van der Waals surface area contributed by atoms with Crippen molar-refractivity contribution in [2.75, 3.05) is 31.8 Å². The molecule has 0 radical (unpaired) electrons. The van der Waals surface area contributed by atoms with Gasteiger partial charge in [-0.25, -0.2) is 12.7 Å². The summed E-state index contributed by atoms with van der Waals surface area (Å²) in [6.45, 7) is 0.719. The van der Waals surface area contributed by atoms with Crippen LogP contribution in [-0.2, 0) is 10.0 Å². The van der Waals surface area contributed by atoms with Crippen LogP contribution in [0, 0.1) is 5.41 Å². The fourth-order valence-electron chi connectivity index (χ4n) is 1.85. The SMILES string of the molecule is CN(C)S(=O)(=O)c1ccccc1NCC1(CCl)CC1. The van der Waals surface area contributed by atoms with Crippen LogP contribution in [0.25, 0.3) is 0 Å². The highest BCUT2D eigenvalue weighted by Gasteiger charge is 2.41. The van der Waals surface area contributed by atoms with E-state index in [2.05, 4.69) is 5.32 Å². The first-order chi connectivity index (χ1) is 8.91. The van der Waals surface area contributed by atoms with Gasteiger partial charge >= 0.3 is 0 Å². The number of nitrogens with one attached hydrogen (secondary N) is 1. The summed E-state index contributed by atoms with van der Waals surface area (Å²) in [7, 11) is -0.354. The topological polar surface area (TPSA) is 49.4 Å². The van der Waals surface area contributed by atoms with E-state index in [0.29, 0.717) is 16.5 Å². The Bertz CT molecular complexity index is 554. The molecule has 1 aliphatic carbocycles. The van der Waals surface area contributed by atoms with Crippen molar-refractivity contribution < 1.29 is 8.42 Å². The lowest BCUT2D eigenvalue weighted by Crippen LogP contribution is -2.24. The van der Waals surface area contributed by atoms with Gasteiger partial charge < -0.3 is 5.32 Å². The molecule has 1 fully saturated rings. The summed E-state index contributed by atoms with van der Waals surface area (Å²) in [6.07, 6.45) is 2.21. The van der Waals surface area contributed by atoms with Gasteiger partial charge in [-0.2, -0.15) is 0 Å². The molecule has 4 nitrogen and oxygen atoms in total. The van der Waals surface area contributed by atoms with Gasteiger partial charge in [0.1, 0.15) is 4.90 Å². The molecule has 6 heteroatoms. The van der Waals surface area contributed by atoms with Gasteiger partial charge in [-0.05, 0) is 25.0 Å². The van der Waals surface area contributed by atoms with E-state index in [1.54, 1.807) is 18.2 Å². The van der Waals surface area contributed by atoms with Crippen LogP contribution in [0.4, 0.5) is 5.69 Å². The fourth-order valence-corrected chi connectivity index (χ4v) is 3.28. The Morgan fingerprint density at radius 3 is 2.47 bits per heavy atom. The number of hydrogen-bond donors (Lipinski definition) is 1. The zero-order valence-corrected chi connectivity index (χ0v) is 12.8. The Labute approximate surface area is 119 Å². The summed E-state index contributed by atoms with van der Waals surface area (Å²) in [4.78, 5) is 0.311. The maximum absolute atomic E-state index is 12.2. The molecule has 2 rings (SSSR count). The quantitative estimate of drug-likeness (QED) is 0.821. The third-order valence-electron chi connectivity index (χ3n) is 3.54. The lowest BCUT2D eigenvalue weighted by atomic mass is 10.1. The number of para-hydroxylation sites is 1. The average molecular weight is 303 g/mol. The van der Waals surface area contributed by atoms with Crippen LogP contribution in [0.1, 0.15) is 12.8 Å². The fraction of sp³-hybridized carbons (Fsp3) is 0.538. The van der Waals surface area contributed by atoms with Crippen LogP contribution in [0.15, 0.2) is 29.2 Å². The summed E-state index contributed by atoms with van der Waals surface area (Å²) >= 11 is 5.94. The van der Waals surface area contributed by atoms with Crippen LogP contribution in [0.3, 0.4) is 0 Å². The maximum atomic E-state index is 12.2. The minimum Gasteiger partial charge on any atom is -0.383 e. The predicted octanol–water partition coefficient (Wildman–Crippen LogP) is 2.37. The van der Waals surface area contributed by atoms with Crippen molar-refractivity contribution in [3.05, 3.63) is 24.3 Å². The van der Waals surface area contributed by atoms with E-state index < -0.39 is 10.0 Å². The highest BCUT2D eigenvalue weighted by atomic mass is 35.5. The van der Waals surface area contributed by atoms with Gasteiger partial charge in [0.25, 0.3) is 0 Å². The Morgan fingerprint density at radius 1 is 1.32 bits per heavy atom. The molecule has 1 aromatic rings. The van der Waals surface area contributed by atoms with Crippen molar-refractivity contribution >= 4 is 27.3 Å². The lowest BCUT2D eigenvalue weighted by Gasteiger charge is -2.18. The van der Waals surface area contributed by atoms with Crippen LogP contribution < -0.4 is 5.32 Å². The van der Waals surface area contributed by atoms with Gasteiger partial charge in [-0.1, -0.05) is 12.1 Å². The van der Waals surface area contributed by atoms with E-state index in [9.17, 15) is 8.42 Å². The second kappa shape index (κ2) is 5.31. The first-order valence-electron chi connectivity index (χ1n) is 6.23. The Kier molecular flexibility index (Phi) is 4.08. The van der Waals surface area contributed by atoms with Crippen molar-refractivity contribution in [3.63, 3.8) is 0 Å². The van der Waals surface area contributed by atoms with Crippen LogP contribution in [-0.4, -0.2) is 39.2 Å². The summed E-state index contributed by atoms with van der Waals surface area (Å²) < 4.78 is 25.7. The molecular weight excluding hydrogens is 284 g/mol. The molecule has 19 heavy (non-hydrogen) atoms. The molecule has 0 unspecified atom stereocenters. The summed E-state index contributed by atoms with van der Waals surface area (Å²) in [5.41, 5.74) is 0.795. The normalized spacial score (nSPS) is 17.5. The Hall–Kier alpha value is -0.780. The maximum Gasteiger partial charge on any atom is 0.244 e. The van der Waals surface area contributed by atoms with E-state index in [4.69, 9.17) is 11.6 Å². The van der Waals surface area contributed by atoms with Crippen molar-refractivity contribution in [2.45, 2.75) is 17.7 Å². The predicted molar refractivity (Wildman–Crippen MR) is 78.2 cm³/mol. The molecule has 1 N–H and O–H groups in total. The van der Waals surface area contributed by atoms with Crippen LogP contribution >= 0.6 is 11.6 Å². The van der Waals surface area contributed by atoms with E-state index >= 15 is 0 Å². The van der Waals surface area contributed by atoms with Gasteiger partial charge in [-0.15, -0.1) is 11.6 Å². The molecule has 0 atom stereocenters.